The van der Waals surface area contributed by atoms with E-state index in [1.807, 2.05) is 30.3 Å². The van der Waals surface area contributed by atoms with Crippen molar-refractivity contribution in [3.63, 3.8) is 0 Å². The Balaban J connectivity index is 1.33. The number of nitrogens with two attached hydrogens (primary N) is 1. The van der Waals surface area contributed by atoms with Gasteiger partial charge in [0, 0.05) is 17.3 Å². The molecule has 2 heterocycles. The minimum absolute atomic E-state index is 0.0858. The van der Waals surface area contributed by atoms with Crippen LogP contribution in [0.5, 0.6) is 11.5 Å². The number of carbonyl (C=O) groups is 2. The number of hydrogen-bond donors (Lipinski definition) is 2. The number of primary amides is 1. The summed E-state index contributed by atoms with van der Waals surface area (Å²) >= 11 is 0. The molecule has 2 aromatic carbocycles. The maximum Gasteiger partial charge on any atom is 0.248 e. The molecule has 30 heavy (non-hydrogen) atoms. The summed E-state index contributed by atoms with van der Waals surface area (Å²) in [7, 11) is 0. The second kappa shape index (κ2) is 6.88. The van der Waals surface area contributed by atoms with E-state index in [1.54, 1.807) is 30.5 Å². The van der Waals surface area contributed by atoms with Crippen molar-refractivity contribution >= 4 is 17.6 Å². The average molecular weight is 401 g/mol. The Hall–Kier alpha value is -3.87. The molecule has 2 aliphatic rings. The second-order valence-electron chi connectivity index (χ2n) is 7.48. The molecule has 7 nitrogen and oxygen atoms in total. The molecule has 0 bridgehead atoms. The van der Waals surface area contributed by atoms with Crippen molar-refractivity contribution in [3.8, 4) is 22.6 Å². The molecule has 150 valence electrons. The van der Waals surface area contributed by atoms with Crippen LogP contribution in [-0.2, 0) is 10.2 Å². The van der Waals surface area contributed by atoms with Crippen molar-refractivity contribution in [3.05, 3.63) is 71.9 Å². The van der Waals surface area contributed by atoms with Gasteiger partial charge in [-0.15, -0.1) is 0 Å². The average Bonchev–Trinajstić information content (AvgIpc) is 3.45. The van der Waals surface area contributed by atoms with Gasteiger partial charge in [-0.25, -0.2) is 4.98 Å². The first-order valence-electron chi connectivity index (χ1n) is 9.63. The van der Waals surface area contributed by atoms with Crippen LogP contribution in [-0.4, -0.2) is 23.6 Å². The summed E-state index contributed by atoms with van der Waals surface area (Å²) < 4.78 is 10.8. The number of hydrogen-bond acceptors (Lipinski definition) is 5. The van der Waals surface area contributed by atoms with E-state index in [0.29, 0.717) is 22.9 Å². The molecule has 7 heteroatoms. The molecular formula is C23H19N3O4. The largest absolute Gasteiger partial charge is 0.454 e. The summed E-state index contributed by atoms with van der Waals surface area (Å²) in [5.41, 5.74) is 7.80. The number of benzene rings is 2. The predicted molar refractivity (Wildman–Crippen MR) is 110 cm³/mol. The maximum atomic E-state index is 13.0. The van der Waals surface area contributed by atoms with Crippen LogP contribution in [0.2, 0.25) is 0 Å². The molecule has 3 aromatic rings. The smallest absolute Gasteiger partial charge is 0.248 e. The van der Waals surface area contributed by atoms with Crippen LogP contribution >= 0.6 is 0 Å². The van der Waals surface area contributed by atoms with E-state index < -0.39 is 11.3 Å². The molecule has 1 aliphatic carbocycles. The number of pyridine rings is 1. The van der Waals surface area contributed by atoms with Gasteiger partial charge in [0.2, 0.25) is 18.6 Å². The first kappa shape index (κ1) is 18.2. The lowest BCUT2D eigenvalue weighted by Crippen LogP contribution is -2.28. The highest BCUT2D eigenvalue weighted by Gasteiger charge is 2.51. The van der Waals surface area contributed by atoms with Crippen LogP contribution in [0.4, 0.5) is 5.82 Å². The minimum Gasteiger partial charge on any atom is -0.454 e. The zero-order valence-corrected chi connectivity index (χ0v) is 16.1. The molecule has 1 saturated carbocycles. The van der Waals surface area contributed by atoms with Crippen LogP contribution in [0.1, 0.15) is 28.8 Å². The number of fused-ring (bicyclic) bond motifs is 1. The molecule has 0 saturated heterocycles. The molecule has 0 radical (unpaired) electrons. The van der Waals surface area contributed by atoms with Gasteiger partial charge in [-0.2, -0.15) is 0 Å². The van der Waals surface area contributed by atoms with Crippen LogP contribution in [0, 0.1) is 0 Å². The number of aromatic nitrogens is 1. The molecular weight excluding hydrogens is 382 g/mol. The lowest BCUT2D eigenvalue weighted by Gasteiger charge is -2.16. The number of nitrogens with one attached hydrogen (secondary N) is 1. The number of nitrogens with zero attached hydrogens (tertiary/aromatic N) is 1. The van der Waals surface area contributed by atoms with Crippen LogP contribution in [0.25, 0.3) is 11.1 Å². The Labute approximate surface area is 172 Å². The number of anilines is 1. The van der Waals surface area contributed by atoms with Crippen LogP contribution < -0.4 is 20.5 Å². The number of amides is 2. The van der Waals surface area contributed by atoms with Gasteiger partial charge in [0.25, 0.3) is 0 Å². The lowest BCUT2D eigenvalue weighted by molar-refractivity contribution is -0.118. The Kier molecular flexibility index (Phi) is 4.17. The van der Waals surface area contributed by atoms with Crippen molar-refractivity contribution in [2.45, 2.75) is 18.3 Å². The lowest BCUT2D eigenvalue weighted by atomic mass is 9.94. The molecule has 2 amide bonds. The van der Waals surface area contributed by atoms with Crippen molar-refractivity contribution in [1.82, 2.24) is 4.98 Å². The standard InChI is InChI=1S/C23H19N3O4/c24-21(27)15-3-1-2-14(10-15)16-4-7-20(25-12-16)26-22(28)23(8-9-23)17-5-6-18-19(11-17)30-13-29-18/h1-7,10-12H,8-9,13H2,(H2,24,27)(H,25,26,28). The normalized spacial score (nSPS) is 15.5. The summed E-state index contributed by atoms with van der Waals surface area (Å²) in [6, 6.07) is 16.3. The molecule has 1 fully saturated rings. The van der Waals surface area contributed by atoms with E-state index in [-0.39, 0.29) is 12.7 Å². The van der Waals surface area contributed by atoms with Crippen LogP contribution in [0.15, 0.2) is 60.8 Å². The Bertz CT molecular complexity index is 1150. The van der Waals surface area contributed by atoms with Gasteiger partial charge >= 0.3 is 0 Å². The Morgan fingerprint density at radius 3 is 2.53 bits per heavy atom. The summed E-state index contributed by atoms with van der Waals surface area (Å²) in [5.74, 6) is 1.28. The fourth-order valence-electron chi connectivity index (χ4n) is 3.69. The van der Waals surface area contributed by atoms with E-state index in [1.165, 1.54) is 0 Å². The number of carbonyl (C=O) groups excluding carboxylic acids is 2. The topological polar surface area (TPSA) is 104 Å². The van der Waals surface area contributed by atoms with Gasteiger partial charge in [-0.1, -0.05) is 18.2 Å². The Morgan fingerprint density at radius 1 is 0.967 bits per heavy atom. The highest BCUT2D eigenvalue weighted by atomic mass is 16.7. The van der Waals surface area contributed by atoms with Crippen LogP contribution in [0.3, 0.4) is 0 Å². The first-order chi connectivity index (χ1) is 14.5. The molecule has 3 N–H and O–H groups in total. The fraction of sp³-hybridized carbons (Fsp3) is 0.174. The van der Waals surface area contributed by atoms with E-state index in [2.05, 4.69) is 10.3 Å². The van der Waals surface area contributed by atoms with Crippen molar-refractivity contribution in [1.29, 1.82) is 0 Å². The predicted octanol–water partition coefficient (Wildman–Crippen LogP) is 3.25. The quantitative estimate of drug-likeness (QED) is 0.683. The third-order valence-electron chi connectivity index (χ3n) is 5.60. The molecule has 1 aromatic heterocycles. The summed E-state index contributed by atoms with van der Waals surface area (Å²) in [6.07, 6.45) is 3.21. The molecule has 0 atom stereocenters. The first-order valence-corrected chi connectivity index (χ1v) is 9.63. The monoisotopic (exact) mass is 401 g/mol. The van der Waals surface area contributed by atoms with Gasteiger partial charge in [0.1, 0.15) is 5.82 Å². The number of ether oxygens (including phenoxy) is 2. The second-order valence-corrected chi connectivity index (χ2v) is 7.48. The van der Waals surface area contributed by atoms with Gasteiger partial charge in [0.05, 0.1) is 5.41 Å². The Morgan fingerprint density at radius 2 is 1.80 bits per heavy atom. The summed E-state index contributed by atoms with van der Waals surface area (Å²) in [6.45, 7) is 0.205. The van der Waals surface area contributed by atoms with E-state index in [9.17, 15) is 9.59 Å². The van der Waals surface area contributed by atoms with Gasteiger partial charge in [-0.05, 0) is 60.4 Å². The highest BCUT2D eigenvalue weighted by Crippen LogP contribution is 2.51. The van der Waals surface area contributed by atoms with Crippen molar-refractivity contribution in [2.24, 2.45) is 5.73 Å². The van der Waals surface area contributed by atoms with E-state index in [0.717, 1.165) is 29.5 Å². The van der Waals surface area contributed by atoms with Crippen molar-refractivity contribution in [2.75, 3.05) is 12.1 Å². The minimum atomic E-state index is -0.558. The van der Waals surface area contributed by atoms with Crippen molar-refractivity contribution < 1.29 is 19.1 Å². The SMILES string of the molecule is NC(=O)c1cccc(-c2ccc(NC(=O)C3(c4ccc5c(c4)OCO5)CC3)nc2)c1. The summed E-state index contributed by atoms with van der Waals surface area (Å²) in [5, 5.41) is 2.92. The third-order valence-corrected chi connectivity index (χ3v) is 5.60. The molecule has 0 spiro atoms. The van der Waals surface area contributed by atoms with E-state index in [4.69, 9.17) is 15.2 Å². The maximum absolute atomic E-state index is 13.0. The zero-order valence-electron chi connectivity index (χ0n) is 16.1. The fourth-order valence-corrected chi connectivity index (χ4v) is 3.69. The third kappa shape index (κ3) is 3.14. The zero-order chi connectivity index (χ0) is 20.7. The van der Waals surface area contributed by atoms with Gasteiger partial charge in [0.15, 0.2) is 11.5 Å². The molecule has 1 aliphatic heterocycles. The van der Waals surface area contributed by atoms with E-state index >= 15 is 0 Å². The molecule has 0 unspecified atom stereocenters. The van der Waals surface area contributed by atoms with Gasteiger partial charge in [-0.3, -0.25) is 9.59 Å². The highest BCUT2D eigenvalue weighted by molar-refractivity contribution is 6.01. The van der Waals surface area contributed by atoms with Gasteiger partial charge < -0.3 is 20.5 Å². The number of rotatable bonds is 5. The molecule has 5 rings (SSSR count). The summed E-state index contributed by atoms with van der Waals surface area (Å²) in [4.78, 5) is 28.8.